The Morgan fingerprint density at radius 3 is 2.68 bits per heavy atom. The highest BCUT2D eigenvalue weighted by atomic mass is 35.5. The van der Waals surface area contributed by atoms with Crippen LogP contribution in [0.25, 0.3) is 0 Å². The van der Waals surface area contributed by atoms with Crippen LogP contribution in [0.2, 0.25) is 5.02 Å². The van der Waals surface area contributed by atoms with E-state index >= 15 is 0 Å². The fourth-order valence-electron chi connectivity index (χ4n) is 1.28. The summed E-state index contributed by atoms with van der Waals surface area (Å²) in [5, 5.41) is 14.4. The fourth-order valence-corrected chi connectivity index (χ4v) is 2.59. The molecule has 19 heavy (non-hydrogen) atoms. The van der Waals surface area contributed by atoms with Crippen molar-refractivity contribution < 1.29 is 18.3 Å². The zero-order valence-corrected chi connectivity index (χ0v) is 10.7. The molecular formula is C9H7ClN4O4S. The van der Waals surface area contributed by atoms with Crippen LogP contribution < -0.4 is 4.72 Å². The van der Waals surface area contributed by atoms with Crippen LogP contribution in [0.5, 0.6) is 0 Å². The number of aromatic carboxylic acids is 1. The number of H-pyrrole nitrogens is 1. The van der Waals surface area contributed by atoms with Crippen LogP contribution in [0.1, 0.15) is 10.4 Å². The van der Waals surface area contributed by atoms with Crippen LogP contribution in [-0.4, -0.2) is 34.7 Å². The Labute approximate surface area is 112 Å². The molecule has 0 aliphatic carbocycles. The molecule has 0 saturated carbocycles. The molecule has 0 unspecified atom stereocenters. The van der Waals surface area contributed by atoms with Gasteiger partial charge < -0.3 is 5.11 Å². The molecule has 0 amide bonds. The molecule has 0 fully saturated rings. The van der Waals surface area contributed by atoms with Gasteiger partial charge in [-0.1, -0.05) is 11.6 Å². The number of halogens is 1. The van der Waals surface area contributed by atoms with Crippen LogP contribution in [0.4, 0.5) is 5.95 Å². The van der Waals surface area contributed by atoms with Gasteiger partial charge in [0.2, 0.25) is 5.95 Å². The van der Waals surface area contributed by atoms with Crippen LogP contribution in [0, 0.1) is 0 Å². The quantitative estimate of drug-likeness (QED) is 0.772. The van der Waals surface area contributed by atoms with Gasteiger partial charge in [0.05, 0.1) is 15.5 Å². The highest BCUT2D eigenvalue weighted by molar-refractivity contribution is 7.92. The number of nitrogens with zero attached hydrogens (tertiary/aromatic N) is 2. The van der Waals surface area contributed by atoms with Crippen molar-refractivity contribution in [1.29, 1.82) is 0 Å². The SMILES string of the molecule is O=C(O)c1ccc(S(=O)(=O)Nc2ncn[nH]2)cc1Cl. The number of rotatable bonds is 4. The number of nitrogens with one attached hydrogen (secondary N) is 2. The minimum absolute atomic E-state index is 0.0570. The third-order valence-electron chi connectivity index (χ3n) is 2.13. The van der Waals surface area contributed by atoms with Crippen molar-refractivity contribution in [2.75, 3.05) is 4.72 Å². The lowest BCUT2D eigenvalue weighted by molar-refractivity contribution is 0.0697. The topological polar surface area (TPSA) is 125 Å². The molecule has 10 heteroatoms. The summed E-state index contributed by atoms with van der Waals surface area (Å²) in [6.45, 7) is 0. The molecule has 0 radical (unpaired) electrons. The van der Waals surface area contributed by atoms with Crippen LogP contribution >= 0.6 is 11.6 Å². The molecule has 100 valence electrons. The van der Waals surface area contributed by atoms with Gasteiger partial charge in [-0.3, -0.25) is 0 Å². The fraction of sp³-hybridized carbons (Fsp3) is 0. The lowest BCUT2D eigenvalue weighted by Gasteiger charge is -2.06. The number of carbonyl (C=O) groups is 1. The first kappa shape index (κ1) is 13.3. The Kier molecular flexibility index (Phi) is 3.40. The van der Waals surface area contributed by atoms with Gasteiger partial charge in [0.25, 0.3) is 10.0 Å². The standard InChI is InChI=1S/C9H7ClN4O4S/c10-7-3-5(1-2-6(7)8(15)16)19(17,18)14-9-11-4-12-13-9/h1-4H,(H,15,16)(H2,11,12,13,14). The molecule has 0 bridgehead atoms. The number of hydrogen-bond acceptors (Lipinski definition) is 5. The predicted molar refractivity (Wildman–Crippen MR) is 65.6 cm³/mol. The van der Waals surface area contributed by atoms with E-state index in [-0.39, 0.29) is 21.4 Å². The van der Waals surface area contributed by atoms with E-state index in [9.17, 15) is 13.2 Å². The molecule has 2 aromatic rings. The van der Waals surface area contributed by atoms with Crippen molar-refractivity contribution in [2.24, 2.45) is 0 Å². The Bertz CT molecular complexity index is 714. The average molecular weight is 303 g/mol. The Morgan fingerprint density at radius 2 is 2.16 bits per heavy atom. The van der Waals surface area contributed by atoms with E-state index in [1.165, 1.54) is 0 Å². The Morgan fingerprint density at radius 1 is 1.42 bits per heavy atom. The summed E-state index contributed by atoms with van der Waals surface area (Å²) in [4.78, 5) is 14.2. The summed E-state index contributed by atoms with van der Waals surface area (Å²) >= 11 is 5.70. The van der Waals surface area contributed by atoms with E-state index in [1.807, 2.05) is 0 Å². The second kappa shape index (κ2) is 4.86. The summed E-state index contributed by atoms with van der Waals surface area (Å²) in [6.07, 6.45) is 1.14. The largest absolute Gasteiger partial charge is 0.478 e. The highest BCUT2D eigenvalue weighted by Crippen LogP contribution is 2.21. The zero-order valence-electron chi connectivity index (χ0n) is 9.16. The first-order chi connectivity index (χ1) is 8.90. The van der Waals surface area contributed by atoms with Crippen molar-refractivity contribution in [2.45, 2.75) is 4.90 Å². The first-order valence-electron chi connectivity index (χ1n) is 4.81. The maximum atomic E-state index is 11.9. The first-order valence-corrected chi connectivity index (χ1v) is 6.67. The number of sulfonamides is 1. The van der Waals surface area contributed by atoms with Gasteiger partial charge in [-0.2, -0.15) is 10.1 Å². The molecule has 0 aliphatic rings. The second-order valence-corrected chi connectivity index (χ2v) is 5.48. The summed E-state index contributed by atoms with van der Waals surface area (Å²) in [6, 6.07) is 3.29. The normalized spacial score (nSPS) is 11.2. The molecule has 8 nitrogen and oxygen atoms in total. The lowest BCUT2D eigenvalue weighted by atomic mass is 10.2. The Balaban J connectivity index is 2.36. The van der Waals surface area contributed by atoms with E-state index < -0.39 is 16.0 Å². The van der Waals surface area contributed by atoms with Crippen molar-refractivity contribution in [3.05, 3.63) is 35.1 Å². The van der Waals surface area contributed by atoms with E-state index in [1.54, 1.807) is 0 Å². The van der Waals surface area contributed by atoms with Crippen LogP contribution in [0.3, 0.4) is 0 Å². The number of aromatic amines is 1. The molecule has 0 saturated heterocycles. The summed E-state index contributed by atoms with van der Waals surface area (Å²) in [7, 11) is -3.91. The van der Waals surface area contributed by atoms with Crippen LogP contribution in [-0.2, 0) is 10.0 Å². The van der Waals surface area contributed by atoms with Gasteiger partial charge in [-0.15, -0.1) is 0 Å². The van der Waals surface area contributed by atoms with Gasteiger partial charge >= 0.3 is 5.97 Å². The summed E-state index contributed by atoms with van der Waals surface area (Å²) in [5.41, 5.74) is -0.180. The predicted octanol–water partition coefficient (Wildman–Crippen LogP) is 0.957. The molecule has 2 rings (SSSR count). The zero-order chi connectivity index (χ0) is 14.0. The maximum Gasteiger partial charge on any atom is 0.337 e. The minimum Gasteiger partial charge on any atom is -0.478 e. The summed E-state index contributed by atoms with van der Waals surface area (Å²) < 4.78 is 26.0. The smallest absolute Gasteiger partial charge is 0.337 e. The molecule has 0 atom stereocenters. The van der Waals surface area contributed by atoms with Gasteiger partial charge in [0.15, 0.2) is 0 Å². The van der Waals surface area contributed by atoms with Crippen molar-refractivity contribution in [3.8, 4) is 0 Å². The van der Waals surface area contributed by atoms with Gasteiger partial charge in [-0.05, 0) is 18.2 Å². The third kappa shape index (κ3) is 2.83. The van der Waals surface area contributed by atoms with Crippen molar-refractivity contribution in [1.82, 2.24) is 15.2 Å². The lowest BCUT2D eigenvalue weighted by Crippen LogP contribution is -2.14. The molecule has 0 aliphatic heterocycles. The number of benzene rings is 1. The number of carboxylic acids is 1. The number of carboxylic acid groups (broad SMARTS) is 1. The van der Waals surface area contributed by atoms with E-state index in [2.05, 4.69) is 19.9 Å². The molecule has 1 aromatic carbocycles. The molecule has 3 N–H and O–H groups in total. The van der Waals surface area contributed by atoms with E-state index in [0.29, 0.717) is 0 Å². The van der Waals surface area contributed by atoms with Crippen LogP contribution in [0.15, 0.2) is 29.4 Å². The third-order valence-corrected chi connectivity index (χ3v) is 3.78. The number of anilines is 1. The monoisotopic (exact) mass is 302 g/mol. The molecular weight excluding hydrogens is 296 g/mol. The van der Waals surface area contributed by atoms with Crippen molar-refractivity contribution in [3.63, 3.8) is 0 Å². The molecule has 0 spiro atoms. The van der Waals surface area contributed by atoms with Gasteiger partial charge in [-0.25, -0.2) is 23.0 Å². The minimum atomic E-state index is -3.91. The van der Waals surface area contributed by atoms with Gasteiger partial charge in [0, 0.05) is 0 Å². The number of hydrogen-bond donors (Lipinski definition) is 3. The molecule has 1 heterocycles. The maximum absolute atomic E-state index is 11.9. The van der Waals surface area contributed by atoms with E-state index in [4.69, 9.17) is 16.7 Å². The van der Waals surface area contributed by atoms with E-state index in [0.717, 1.165) is 24.5 Å². The van der Waals surface area contributed by atoms with Gasteiger partial charge in [0.1, 0.15) is 6.33 Å². The van der Waals surface area contributed by atoms with Crippen molar-refractivity contribution >= 4 is 33.5 Å². The Hall–Kier alpha value is -2.13. The number of aromatic nitrogens is 3. The highest BCUT2D eigenvalue weighted by Gasteiger charge is 2.18. The summed E-state index contributed by atoms with van der Waals surface area (Å²) in [5.74, 6) is -1.30. The molecule has 1 aromatic heterocycles. The average Bonchev–Trinajstić information content (AvgIpc) is 2.80. The second-order valence-electron chi connectivity index (χ2n) is 3.39.